The Morgan fingerprint density at radius 3 is 2.75 bits per heavy atom. The molecule has 2 nitrogen and oxygen atoms in total. The number of hydrogen-bond donors (Lipinski definition) is 1. The third kappa shape index (κ3) is 4.03. The summed E-state index contributed by atoms with van der Waals surface area (Å²) in [7, 11) is 0. The lowest BCUT2D eigenvalue weighted by atomic mass is 10.2. The van der Waals surface area contributed by atoms with E-state index in [2.05, 4.69) is 21.2 Å². The van der Waals surface area contributed by atoms with Gasteiger partial charge in [-0.25, -0.2) is 4.39 Å². The minimum absolute atomic E-state index is 0.250. The smallest absolute Gasteiger partial charge is 0.248 e. The van der Waals surface area contributed by atoms with E-state index in [9.17, 15) is 9.18 Å². The Hall–Kier alpha value is -1.94. The molecule has 0 saturated heterocycles. The first-order chi connectivity index (χ1) is 9.54. The Morgan fingerprint density at radius 1 is 1.25 bits per heavy atom. The largest absolute Gasteiger partial charge is 0.322 e. The van der Waals surface area contributed by atoms with Gasteiger partial charge in [-0.1, -0.05) is 28.1 Å². The fourth-order valence-electron chi connectivity index (χ4n) is 1.72. The molecule has 0 fully saturated rings. The van der Waals surface area contributed by atoms with Gasteiger partial charge in [0.1, 0.15) is 5.82 Å². The van der Waals surface area contributed by atoms with Crippen LogP contribution in [0.4, 0.5) is 10.1 Å². The lowest BCUT2D eigenvalue weighted by Gasteiger charge is -2.06. The van der Waals surface area contributed by atoms with Crippen molar-refractivity contribution < 1.29 is 9.18 Å². The van der Waals surface area contributed by atoms with Gasteiger partial charge < -0.3 is 5.32 Å². The lowest BCUT2D eigenvalue weighted by molar-refractivity contribution is -0.111. The second-order valence-electron chi connectivity index (χ2n) is 4.34. The first kappa shape index (κ1) is 14.5. The van der Waals surface area contributed by atoms with Crippen molar-refractivity contribution in [3.05, 3.63) is 70.0 Å². The molecule has 0 saturated carbocycles. The quantitative estimate of drug-likeness (QED) is 0.820. The molecule has 1 N–H and O–H groups in total. The summed E-state index contributed by atoms with van der Waals surface area (Å²) in [6.45, 7) is 1.91. The number of aryl methyl sites for hydroxylation is 1. The highest BCUT2D eigenvalue weighted by molar-refractivity contribution is 9.10. The topological polar surface area (TPSA) is 29.1 Å². The molecule has 20 heavy (non-hydrogen) atoms. The molecule has 0 bridgehead atoms. The van der Waals surface area contributed by atoms with Crippen molar-refractivity contribution in [1.29, 1.82) is 0 Å². The van der Waals surface area contributed by atoms with Crippen molar-refractivity contribution in [1.82, 2.24) is 0 Å². The van der Waals surface area contributed by atoms with Gasteiger partial charge in [-0.3, -0.25) is 4.79 Å². The Balaban J connectivity index is 2.05. The highest BCUT2D eigenvalue weighted by Gasteiger charge is 2.02. The first-order valence-electron chi connectivity index (χ1n) is 6.05. The van der Waals surface area contributed by atoms with Gasteiger partial charge >= 0.3 is 0 Å². The van der Waals surface area contributed by atoms with Crippen LogP contribution >= 0.6 is 15.9 Å². The number of carbonyl (C=O) groups excluding carboxylic acids is 1. The maximum absolute atomic E-state index is 13.0. The van der Waals surface area contributed by atoms with Crippen molar-refractivity contribution in [3.8, 4) is 0 Å². The SMILES string of the molecule is Cc1cc(Br)ccc1NC(=O)/C=C/c1cccc(F)c1. The van der Waals surface area contributed by atoms with E-state index < -0.39 is 0 Å². The van der Waals surface area contributed by atoms with Crippen LogP contribution in [0.1, 0.15) is 11.1 Å². The second-order valence-corrected chi connectivity index (χ2v) is 5.25. The number of halogens is 2. The Bertz CT molecular complexity index is 667. The minimum Gasteiger partial charge on any atom is -0.322 e. The van der Waals surface area contributed by atoms with Crippen molar-refractivity contribution in [3.63, 3.8) is 0 Å². The average molecular weight is 334 g/mol. The predicted molar refractivity (Wildman–Crippen MR) is 82.9 cm³/mol. The van der Waals surface area contributed by atoms with E-state index in [1.54, 1.807) is 18.2 Å². The predicted octanol–water partition coefficient (Wildman–Crippen LogP) is 4.55. The molecular weight excluding hydrogens is 321 g/mol. The molecule has 2 aromatic carbocycles. The standard InChI is InChI=1S/C16H13BrFNO/c1-11-9-13(17)6-7-15(11)19-16(20)8-5-12-3-2-4-14(18)10-12/h2-10H,1H3,(H,19,20)/b8-5+. The molecule has 0 radical (unpaired) electrons. The van der Waals surface area contributed by atoms with E-state index in [0.29, 0.717) is 5.56 Å². The molecule has 0 aliphatic carbocycles. The van der Waals surface area contributed by atoms with Gasteiger partial charge in [0, 0.05) is 16.2 Å². The van der Waals surface area contributed by atoms with E-state index in [-0.39, 0.29) is 11.7 Å². The van der Waals surface area contributed by atoms with E-state index >= 15 is 0 Å². The van der Waals surface area contributed by atoms with Crippen molar-refractivity contribution >= 4 is 33.6 Å². The Labute approximate surface area is 125 Å². The van der Waals surface area contributed by atoms with Gasteiger partial charge in [-0.15, -0.1) is 0 Å². The molecule has 0 atom stereocenters. The summed E-state index contributed by atoms with van der Waals surface area (Å²) in [5, 5.41) is 2.78. The molecule has 2 aromatic rings. The molecule has 0 unspecified atom stereocenters. The third-order valence-electron chi connectivity index (χ3n) is 2.72. The first-order valence-corrected chi connectivity index (χ1v) is 6.85. The van der Waals surface area contributed by atoms with Crippen LogP contribution in [0.3, 0.4) is 0 Å². The molecule has 0 aliphatic heterocycles. The van der Waals surface area contributed by atoms with Crippen molar-refractivity contribution in [2.24, 2.45) is 0 Å². The van der Waals surface area contributed by atoms with Gasteiger partial charge in [0.05, 0.1) is 0 Å². The maximum Gasteiger partial charge on any atom is 0.248 e. The van der Waals surface area contributed by atoms with Crippen LogP contribution in [-0.4, -0.2) is 5.91 Å². The maximum atomic E-state index is 13.0. The fraction of sp³-hybridized carbons (Fsp3) is 0.0625. The number of amides is 1. The zero-order valence-corrected chi connectivity index (χ0v) is 12.4. The molecule has 0 spiro atoms. The van der Waals surface area contributed by atoms with Crippen LogP contribution < -0.4 is 5.32 Å². The number of carbonyl (C=O) groups is 1. The fourth-order valence-corrected chi connectivity index (χ4v) is 2.20. The monoisotopic (exact) mass is 333 g/mol. The molecule has 0 aliphatic rings. The molecule has 4 heteroatoms. The van der Waals surface area contributed by atoms with Gasteiger partial charge in [-0.2, -0.15) is 0 Å². The summed E-state index contributed by atoms with van der Waals surface area (Å²) in [6, 6.07) is 11.7. The molecule has 1 amide bonds. The van der Waals surface area contributed by atoms with Crippen LogP contribution in [-0.2, 0) is 4.79 Å². The zero-order chi connectivity index (χ0) is 14.5. The minimum atomic E-state index is -0.323. The lowest BCUT2D eigenvalue weighted by Crippen LogP contribution is -2.08. The molecule has 2 rings (SSSR count). The second kappa shape index (κ2) is 6.48. The van der Waals surface area contributed by atoms with Gasteiger partial charge in [0.2, 0.25) is 5.91 Å². The van der Waals surface area contributed by atoms with Gasteiger partial charge in [0.25, 0.3) is 0 Å². The molecule has 0 aromatic heterocycles. The van der Waals surface area contributed by atoms with Gasteiger partial charge in [0.15, 0.2) is 0 Å². The number of nitrogens with one attached hydrogen (secondary N) is 1. The van der Waals surface area contributed by atoms with E-state index in [4.69, 9.17) is 0 Å². The third-order valence-corrected chi connectivity index (χ3v) is 3.22. The van der Waals surface area contributed by atoms with Gasteiger partial charge in [-0.05, 0) is 54.5 Å². The summed E-state index contributed by atoms with van der Waals surface area (Å²) in [4.78, 5) is 11.8. The summed E-state index contributed by atoms with van der Waals surface area (Å²) >= 11 is 3.37. The van der Waals surface area contributed by atoms with E-state index in [1.165, 1.54) is 18.2 Å². The van der Waals surface area contributed by atoms with Crippen molar-refractivity contribution in [2.45, 2.75) is 6.92 Å². The van der Waals surface area contributed by atoms with Crippen LogP contribution in [0.25, 0.3) is 6.08 Å². The number of benzene rings is 2. The number of rotatable bonds is 3. The summed E-state index contributed by atoms with van der Waals surface area (Å²) in [6.07, 6.45) is 2.96. The highest BCUT2D eigenvalue weighted by Crippen LogP contribution is 2.20. The van der Waals surface area contributed by atoms with Crippen molar-refractivity contribution in [2.75, 3.05) is 5.32 Å². The van der Waals surface area contributed by atoms with Crippen LogP contribution in [0.2, 0.25) is 0 Å². The molecular formula is C16H13BrFNO. The molecule has 102 valence electrons. The summed E-state index contributed by atoms with van der Waals surface area (Å²) in [5.41, 5.74) is 2.36. The van der Waals surface area contributed by atoms with Crippen LogP contribution in [0, 0.1) is 12.7 Å². The number of anilines is 1. The highest BCUT2D eigenvalue weighted by atomic mass is 79.9. The van der Waals surface area contributed by atoms with Crippen LogP contribution in [0.5, 0.6) is 0 Å². The van der Waals surface area contributed by atoms with E-state index in [1.807, 2.05) is 25.1 Å². The summed E-state index contributed by atoms with van der Waals surface area (Å²) < 4.78 is 14.0. The van der Waals surface area contributed by atoms with E-state index in [0.717, 1.165) is 15.7 Å². The average Bonchev–Trinajstić information content (AvgIpc) is 2.40. The zero-order valence-electron chi connectivity index (χ0n) is 10.9. The Kier molecular flexibility index (Phi) is 4.69. The molecule has 0 heterocycles. The summed E-state index contributed by atoms with van der Waals surface area (Å²) in [5.74, 6) is -0.573. The number of hydrogen-bond acceptors (Lipinski definition) is 1. The Morgan fingerprint density at radius 2 is 2.05 bits per heavy atom. The normalized spacial score (nSPS) is 10.8. The van der Waals surface area contributed by atoms with Crippen LogP contribution in [0.15, 0.2) is 53.0 Å².